The Labute approximate surface area is 396 Å². The third-order valence-corrected chi connectivity index (χ3v) is 12.3. The minimum Gasteiger partial charge on any atom is -0.310 e. The van der Waals surface area contributed by atoms with Crippen LogP contribution in [-0.4, -0.2) is 0 Å². The van der Waals surface area contributed by atoms with Crippen LogP contribution < -0.4 is 4.90 Å². The topological polar surface area (TPSA) is 3.24 Å². The Balaban J connectivity index is 1.26. The quantitative estimate of drug-likeness (QED) is 0.0778. The minimum atomic E-state index is 0.847. The molecule has 67 heavy (non-hydrogen) atoms. The van der Waals surface area contributed by atoms with Gasteiger partial charge in [-0.3, -0.25) is 0 Å². The number of nitrogens with zero attached hydrogens (tertiary/aromatic N) is 1. The summed E-state index contributed by atoms with van der Waals surface area (Å²) in [5.74, 6) is 0. The van der Waals surface area contributed by atoms with Crippen molar-refractivity contribution in [2.75, 3.05) is 4.90 Å². The summed E-state index contributed by atoms with van der Waals surface area (Å²) in [5, 5.41) is 2.34. The number of hydrogen-bond acceptors (Lipinski definition) is 1. The molecular weight excluding hydrogens is 807 g/mol. The summed E-state index contributed by atoms with van der Waals surface area (Å²) in [7, 11) is 0. The third-order valence-electron chi connectivity index (χ3n) is 12.3. The molecule has 322 valence electrons. The Kier molecular flexibility index (Phi) is 13.4. The summed E-state index contributed by atoms with van der Waals surface area (Å²) in [6.07, 6.45) is 12.6. The first-order valence-electron chi connectivity index (χ1n) is 22.9. The Morgan fingerprint density at radius 1 is 0.448 bits per heavy atom. The van der Waals surface area contributed by atoms with Crippen LogP contribution in [0.1, 0.15) is 45.9 Å². The lowest BCUT2D eigenvalue weighted by Gasteiger charge is -2.33. The van der Waals surface area contributed by atoms with Crippen molar-refractivity contribution in [3.05, 3.63) is 312 Å². The van der Waals surface area contributed by atoms with Gasteiger partial charge in [-0.25, -0.2) is 0 Å². The SMILES string of the molecule is C=C/C=C(\C=C/C)C(=C)N(c1ccccc1)c1c(C)c(-c2ccc(C=C(c3ccccc3)c3ccccc3)cc2)c2ccccc2c1-c1ccc(C=C(c2ccccc2)c2ccccc2)cc1. The lowest BCUT2D eigenvalue weighted by molar-refractivity contribution is 1.18. The van der Waals surface area contributed by atoms with E-state index in [4.69, 9.17) is 6.58 Å². The van der Waals surface area contributed by atoms with Crippen molar-refractivity contribution >= 4 is 45.4 Å². The lowest BCUT2D eigenvalue weighted by atomic mass is 9.85. The lowest BCUT2D eigenvalue weighted by Crippen LogP contribution is -2.19. The molecule has 0 N–H and O–H groups in total. The first kappa shape index (κ1) is 43.7. The molecule has 9 aromatic carbocycles. The van der Waals surface area contributed by atoms with E-state index >= 15 is 0 Å². The number of hydrogen-bond donors (Lipinski definition) is 0. The number of benzene rings is 9. The fraction of sp³-hybridized carbons (Fsp3) is 0.0303. The van der Waals surface area contributed by atoms with Gasteiger partial charge in [0.25, 0.3) is 0 Å². The van der Waals surface area contributed by atoms with Gasteiger partial charge in [0.2, 0.25) is 0 Å². The molecule has 0 aliphatic carbocycles. The zero-order valence-electron chi connectivity index (χ0n) is 38.2. The van der Waals surface area contributed by atoms with Crippen LogP contribution in [0.25, 0.3) is 56.3 Å². The highest BCUT2D eigenvalue weighted by Crippen LogP contribution is 2.50. The summed E-state index contributed by atoms with van der Waals surface area (Å²) in [4.78, 5) is 2.34. The predicted octanol–water partition coefficient (Wildman–Crippen LogP) is 18.0. The Hall–Kier alpha value is -8.52. The summed E-state index contributed by atoms with van der Waals surface area (Å²) < 4.78 is 0. The Morgan fingerprint density at radius 2 is 0.821 bits per heavy atom. The highest BCUT2D eigenvalue weighted by Gasteiger charge is 2.26. The normalized spacial score (nSPS) is 11.3. The van der Waals surface area contributed by atoms with Crippen LogP contribution in [0, 0.1) is 6.92 Å². The maximum atomic E-state index is 4.84. The van der Waals surface area contributed by atoms with Crippen molar-refractivity contribution in [2.24, 2.45) is 0 Å². The third kappa shape index (κ3) is 9.50. The smallest absolute Gasteiger partial charge is 0.0581 e. The molecule has 0 unspecified atom stereocenters. The zero-order chi connectivity index (χ0) is 46.0. The van der Waals surface area contributed by atoms with E-state index in [1.807, 2.05) is 19.1 Å². The monoisotopic (exact) mass is 859 g/mol. The van der Waals surface area contributed by atoms with Crippen LogP contribution in [0.4, 0.5) is 11.4 Å². The second-order valence-corrected chi connectivity index (χ2v) is 16.6. The van der Waals surface area contributed by atoms with Gasteiger partial charge in [0.1, 0.15) is 0 Å². The largest absolute Gasteiger partial charge is 0.310 e. The average molecular weight is 860 g/mol. The van der Waals surface area contributed by atoms with E-state index in [-0.39, 0.29) is 0 Å². The molecule has 0 atom stereocenters. The van der Waals surface area contributed by atoms with Crippen LogP contribution in [-0.2, 0) is 0 Å². The summed E-state index contributed by atoms with van der Waals surface area (Å²) in [6.45, 7) is 13.3. The van der Waals surface area contributed by atoms with Gasteiger partial charge in [-0.15, -0.1) is 0 Å². The fourth-order valence-electron chi connectivity index (χ4n) is 9.14. The number of anilines is 2. The molecule has 0 heterocycles. The molecule has 9 rings (SSSR count). The highest BCUT2D eigenvalue weighted by atomic mass is 15.2. The standard InChI is InChI=1S/C66H53N/c1-5-24-52(25-6-2)49(4)67(59-34-20-11-21-35-59)66-48(3)64(57-42-38-50(39-43-57)46-62(53-26-12-7-13-27-53)54-28-14-8-15-29-54)60-36-22-23-37-61(60)65(66)58-44-40-51(41-45-58)47-63(55-30-16-9-17-31-55)56-32-18-10-19-33-56/h5-47H,1,4H2,2-3H3/b25-6-,52-24+. The van der Waals surface area contributed by atoms with E-state index in [1.54, 1.807) is 0 Å². The van der Waals surface area contributed by atoms with Crippen molar-refractivity contribution in [2.45, 2.75) is 13.8 Å². The van der Waals surface area contributed by atoms with E-state index in [9.17, 15) is 0 Å². The predicted molar refractivity (Wildman–Crippen MR) is 290 cm³/mol. The minimum absolute atomic E-state index is 0.847. The molecule has 0 aliphatic rings. The molecule has 0 saturated carbocycles. The first-order valence-corrected chi connectivity index (χ1v) is 22.9. The van der Waals surface area contributed by atoms with E-state index in [0.29, 0.717) is 0 Å². The molecule has 0 fully saturated rings. The van der Waals surface area contributed by atoms with E-state index in [2.05, 4.69) is 267 Å². The number of para-hydroxylation sites is 1. The number of rotatable bonds is 14. The van der Waals surface area contributed by atoms with Gasteiger partial charge < -0.3 is 4.90 Å². The van der Waals surface area contributed by atoms with Gasteiger partial charge in [0.05, 0.1) is 5.69 Å². The van der Waals surface area contributed by atoms with Crippen LogP contribution in [0.2, 0.25) is 0 Å². The molecule has 0 aliphatic heterocycles. The molecule has 0 bridgehead atoms. The Bertz CT molecular complexity index is 3180. The zero-order valence-corrected chi connectivity index (χ0v) is 38.2. The van der Waals surface area contributed by atoms with E-state index in [1.165, 1.54) is 44.3 Å². The van der Waals surface area contributed by atoms with Crippen molar-refractivity contribution in [1.29, 1.82) is 0 Å². The average Bonchev–Trinajstić information content (AvgIpc) is 3.39. The van der Waals surface area contributed by atoms with Crippen molar-refractivity contribution < 1.29 is 0 Å². The summed E-state index contributed by atoms with van der Waals surface area (Å²) in [5.41, 5.74) is 19.0. The summed E-state index contributed by atoms with van der Waals surface area (Å²) in [6, 6.07) is 80.1. The van der Waals surface area contributed by atoms with Crippen molar-refractivity contribution in [1.82, 2.24) is 0 Å². The van der Waals surface area contributed by atoms with E-state index < -0.39 is 0 Å². The van der Waals surface area contributed by atoms with Gasteiger partial charge in [-0.2, -0.15) is 0 Å². The summed E-state index contributed by atoms with van der Waals surface area (Å²) >= 11 is 0. The molecular formula is C66H53N. The maximum Gasteiger partial charge on any atom is 0.0581 e. The van der Waals surface area contributed by atoms with Gasteiger partial charge >= 0.3 is 0 Å². The van der Waals surface area contributed by atoms with Crippen LogP contribution >= 0.6 is 0 Å². The molecule has 0 aromatic heterocycles. The van der Waals surface area contributed by atoms with Gasteiger partial charge in [-0.1, -0.05) is 250 Å². The van der Waals surface area contributed by atoms with Crippen LogP contribution in [0.5, 0.6) is 0 Å². The van der Waals surface area contributed by atoms with Gasteiger partial charge in [0, 0.05) is 16.9 Å². The maximum absolute atomic E-state index is 4.84. The van der Waals surface area contributed by atoms with Crippen molar-refractivity contribution in [3.8, 4) is 22.3 Å². The van der Waals surface area contributed by atoms with E-state index in [0.717, 1.165) is 61.4 Å². The molecule has 0 saturated heterocycles. The first-order chi connectivity index (χ1) is 33.0. The fourth-order valence-corrected chi connectivity index (χ4v) is 9.14. The second kappa shape index (κ2) is 20.5. The highest BCUT2D eigenvalue weighted by molar-refractivity contribution is 6.13. The molecule has 1 heteroatoms. The second-order valence-electron chi connectivity index (χ2n) is 16.6. The molecule has 0 radical (unpaired) electrons. The number of allylic oxidation sites excluding steroid dienone is 4. The van der Waals surface area contributed by atoms with Crippen molar-refractivity contribution in [3.63, 3.8) is 0 Å². The molecule has 9 aromatic rings. The van der Waals surface area contributed by atoms with Gasteiger partial charge in [0.15, 0.2) is 0 Å². The van der Waals surface area contributed by atoms with Gasteiger partial charge in [-0.05, 0) is 121 Å². The molecule has 0 spiro atoms. The van der Waals surface area contributed by atoms with Crippen LogP contribution in [0.15, 0.2) is 273 Å². The number of fused-ring (bicyclic) bond motifs is 1. The molecule has 1 nitrogen and oxygen atoms in total. The Morgan fingerprint density at radius 3 is 1.22 bits per heavy atom. The molecule has 0 amide bonds. The van der Waals surface area contributed by atoms with Crippen LogP contribution in [0.3, 0.4) is 0 Å².